The molecule has 7 nitrogen and oxygen atoms in total. The van der Waals surface area contributed by atoms with Crippen LogP contribution in [-0.4, -0.2) is 35.3 Å². The molecule has 0 bridgehead atoms. The van der Waals surface area contributed by atoms with Gasteiger partial charge in [0, 0.05) is 18.0 Å². The van der Waals surface area contributed by atoms with Gasteiger partial charge in [-0.2, -0.15) is 0 Å². The Kier molecular flexibility index (Phi) is 7.24. The molecule has 21 heavy (non-hydrogen) atoms. The number of carbonyl (C=O) groups excluding carboxylic acids is 3. The van der Waals surface area contributed by atoms with Crippen LogP contribution in [0.3, 0.4) is 0 Å². The number of rotatable bonds is 7. The fourth-order valence-electron chi connectivity index (χ4n) is 1.32. The fraction of sp³-hybridized carbons (Fsp3) is 0.385. The molecule has 0 aliphatic carbocycles. The van der Waals surface area contributed by atoms with Crippen LogP contribution in [0.25, 0.3) is 0 Å². The fourth-order valence-corrected chi connectivity index (χ4v) is 2.00. The lowest BCUT2D eigenvalue weighted by atomic mass is 10.2. The highest BCUT2D eigenvalue weighted by atomic mass is 32.2. The van der Waals surface area contributed by atoms with Crippen LogP contribution in [0.2, 0.25) is 0 Å². The number of nitrogens with two attached hydrogens (primary N) is 1. The topological polar surface area (TPSA) is 111 Å². The number of nitrogens with one attached hydrogen (secondary N) is 1. The highest BCUT2D eigenvalue weighted by molar-refractivity contribution is 8.13. The number of hydrogen-bond donors (Lipinski definition) is 2. The molecule has 0 saturated carbocycles. The standard InChI is InChI=1S/C13H17N3O4S/c1-2-3-7-20-13(19)21-12-9(5-4-6-15-12)11(18)16-8-10(14)17/h4-6H,2-3,7-8H2,1H3,(H2,14,17)(H,16,18). The van der Waals surface area contributed by atoms with E-state index in [1.807, 2.05) is 6.92 Å². The van der Waals surface area contributed by atoms with Crippen molar-refractivity contribution in [3.05, 3.63) is 23.9 Å². The highest BCUT2D eigenvalue weighted by Gasteiger charge is 2.16. The van der Waals surface area contributed by atoms with Crippen LogP contribution in [-0.2, 0) is 9.53 Å². The number of ether oxygens (including phenoxy) is 1. The van der Waals surface area contributed by atoms with Gasteiger partial charge in [-0.05, 0) is 18.6 Å². The average molecular weight is 311 g/mol. The van der Waals surface area contributed by atoms with Gasteiger partial charge in [-0.1, -0.05) is 13.3 Å². The number of nitrogens with zero attached hydrogens (tertiary/aromatic N) is 1. The second kappa shape index (κ2) is 8.96. The summed E-state index contributed by atoms with van der Waals surface area (Å²) < 4.78 is 5.00. The maximum Gasteiger partial charge on any atom is 0.373 e. The summed E-state index contributed by atoms with van der Waals surface area (Å²) in [6, 6.07) is 3.07. The molecule has 1 rings (SSSR count). The summed E-state index contributed by atoms with van der Waals surface area (Å²) in [7, 11) is 0. The van der Waals surface area contributed by atoms with E-state index in [-0.39, 0.29) is 17.1 Å². The molecule has 0 aromatic carbocycles. The maximum atomic E-state index is 11.9. The molecule has 0 radical (unpaired) electrons. The molecular weight excluding hydrogens is 294 g/mol. The van der Waals surface area contributed by atoms with Crippen molar-refractivity contribution in [3.63, 3.8) is 0 Å². The molecule has 0 saturated heterocycles. The first-order valence-electron chi connectivity index (χ1n) is 6.40. The smallest absolute Gasteiger partial charge is 0.373 e. The zero-order valence-corrected chi connectivity index (χ0v) is 12.4. The van der Waals surface area contributed by atoms with Gasteiger partial charge in [0.2, 0.25) is 5.91 Å². The van der Waals surface area contributed by atoms with Gasteiger partial charge in [0.05, 0.1) is 18.7 Å². The Morgan fingerprint density at radius 3 is 2.86 bits per heavy atom. The van der Waals surface area contributed by atoms with Crippen molar-refractivity contribution < 1.29 is 19.1 Å². The summed E-state index contributed by atoms with van der Waals surface area (Å²) in [4.78, 5) is 38.1. The molecule has 2 amide bonds. The van der Waals surface area contributed by atoms with Crippen molar-refractivity contribution in [1.29, 1.82) is 0 Å². The molecule has 0 aliphatic heterocycles. The van der Waals surface area contributed by atoms with E-state index in [0.717, 1.165) is 24.6 Å². The van der Waals surface area contributed by atoms with E-state index in [0.29, 0.717) is 6.61 Å². The zero-order valence-electron chi connectivity index (χ0n) is 11.6. The number of primary amides is 1. The van der Waals surface area contributed by atoms with Gasteiger partial charge >= 0.3 is 5.30 Å². The van der Waals surface area contributed by atoms with E-state index >= 15 is 0 Å². The van der Waals surface area contributed by atoms with Crippen molar-refractivity contribution in [2.45, 2.75) is 24.8 Å². The predicted molar refractivity (Wildman–Crippen MR) is 77.9 cm³/mol. The summed E-state index contributed by atoms with van der Waals surface area (Å²) in [6.45, 7) is 2.04. The number of aromatic nitrogens is 1. The first-order valence-corrected chi connectivity index (χ1v) is 7.22. The molecule has 3 N–H and O–H groups in total. The Morgan fingerprint density at radius 1 is 1.43 bits per heavy atom. The molecule has 8 heteroatoms. The van der Waals surface area contributed by atoms with E-state index in [4.69, 9.17) is 10.5 Å². The second-order valence-electron chi connectivity index (χ2n) is 4.06. The predicted octanol–water partition coefficient (Wildman–Crippen LogP) is 1.33. The number of unbranched alkanes of at least 4 members (excludes halogenated alkanes) is 1. The molecule has 1 aromatic rings. The third-order valence-corrected chi connectivity index (χ3v) is 3.14. The Morgan fingerprint density at radius 2 is 2.19 bits per heavy atom. The number of carbonyl (C=O) groups is 3. The Hall–Kier alpha value is -2.09. The zero-order chi connectivity index (χ0) is 15.7. The van der Waals surface area contributed by atoms with Gasteiger partial charge in [0.15, 0.2) is 0 Å². The Labute approximate surface area is 126 Å². The lowest BCUT2D eigenvalue weighted by Gasteiger charge is -2.07. The van der Waals surface area contributed by atoms with Crippen LogP contribution in [0.5, 0.6) is 0 Å². The molecule has 0 spiro atoms. The van der Waals surface area contributed by atoms with Crippen LogP contribution >= 0.6 is 11.8 Å². The first kappa shape index (κ1) is 17.0. The van der Waals surface area contributed by atoms with Crippen LogP contribution in [0.15, 0.2) is 23.4 Å². The number of thioether (sulfide) groups is 1. The molecule has 0 fully saturated rings. The number of hydrogen-bond acceptors (Lipinski definition) is 6. The minimum Gasteiger partial charge on any atom is -0.457 e. The highest BCUT2D eigenvalue weighted by Crippen LogP contribution is 2.22. The average Bonchev–Trinajstić information content (AvgIpc) is 2.45. The van der Waals surface area contributed by atoms with E-state index < -0.39 is 17.1 Å². The number of pyridine rings is 1. The minimum absolute atomic E-state index is 0.191. The Balaban J connectivity index is 2.68. The first-order chi connectivity index (χ1) is 10.0. The quantitative estimate of drug-likeness (QED) is 0.446. The molecule has 1 aromatic heterocycles. The lowest BCUT2D eigenvalue weighted by Crippen LogP contribution is -2.33. The summed E-state index contributed by atoms with van der Waals surface area (Å²) in [6.07, 6.45) is 3.16. The second-order valence-corrected chi connectivity index (χ2v) is 4.98. The summed E-state index contributed by atoms with van der Waals surface area (Å²) >= 11 is 0.734. The van der Waals surface area contributed by atoms with Crippen molar-refractivity contribution >= 4 is 28.9 Å². The van der Waals surface area contributed by atoms with E-state index in [2.05, 4.69) is 10.3 Å². The Bertz CT molecular complexity index is 522. The van der Waals surface area contributed by atoms with Gasteiger partial charge in [-0.3, -0.25) is 9.59 Å². The third kappa shape index (κ3) is 6.26. The van der Waals surface area contributed by atoms with Gasteiger partial charge in [-0.25, -0.2) is 9.78 Å². The summed E-state index contributed by atoms with van der Waals surface area (Å²) in [5.41, 5.74) is 5.15. The van der Waals surface area contributed by atoms with Gasteiger partial charge in [-0.15, -0.1) is 0 Å². The van der Waals surface area contributed by atoms with E-state index in [1.54, 1.807) is 6.07 Å². The number of amides is 2. The molecule has 1 heterocycles. The van der Waals surface area contributed by atoms with Crippen molar-refractivity contribution in [3.8, 4) is 0 Å². The third-order valence-electron chi connectivity index (χ3n) is 2.34. The van der Waals surface area contributed by atoms with Crippen LogP contribution in [0.1, 0.15) is 30.1 Å². The van der Waals surface area contributed by atoms with E-state index in [9.17, 15) is 14.4 Å². The molecule has 0 atom stereocenters. The summed E-state index contributed by atoms with van der Waals surface area (Å²) in [5, 5.41) is 2.05. The molecule has 0 unspecified atom stereocenters. The molecule has 0 aliphatic rings. The van der Waals surface area contributed by atoms with Gasteiger partial charge in [0.25, 0.3) is 5.91 Å². The van der Waals surface area contributed by atoms with Crippen molar-refractivity contribution in [2.24, 2.45) is 5.73 Å². The maximum absolute atomic E-state index is 11.9. The largest absolute Gasteiger partial charge is 0.457 e. The monoisotopic (exact) mass is 311 g/mol. The lowest BCUT2D eigenvalue weighted by molar-refractivity contribution is -0.117. The summed E-state index contributed by atoms with van der Waals surface area (Å²) in [5.74, 6) is -1.17. The van der Waals surface area contributed by atoms with Gasteiger partial charge in [0.1, 0.15) is 5.03 Å². The van der Waals surface area contributed by atoms with Crippen molar-refractivity contribution in [2.75, 3.05) is 13.2 Å². The van der Waals surface area contributed by atoms with E-state index in [1.165, 1.54) is 12.3 Å². The van der Waals surface area contributed by atoms with Crippen LogP contribution in [0, 0.1) is 0 Å². The minimum atomic E-state index is -0.652. The van der Waals surface area contributed by atoms with Crippen molar-refractivity contribution in [1.82, 2.24) is 10.3 Å². The van der Waals surface area contributed by atoms with Crippen LogP contribution < -0.4 is 11.1 Å². The normalized spacial score (nSPS) is 9.95. The molecular formula is C13H17N3O4S. The SMILES string of the molecule is CCCCOC(=O)Sc1ncccc1C(=O)NCC(N)=O. The molecule has 114 valence electrons. The van der Waals surface area contributed by atoms with Crippen LogP contribution in [0.4, 0.5) is 4.79 Å². The van der Waals surface area contributed by atoms with Gasteiger partial charge < -0.3 is 15.8 Å².